The number of benzene rings is 1. The summed E-state index contributed by atoms with van der Waals surface area (Å²) in [6, 6.07) is 7.53. The second-order valence-electron chi connectivity index (χ2n) is 6.19. The normalized spacial score (nSPS) is 13.4. The summed E-state index contributed by atoms with van der Waals surface area (Å²) in [6.45, 7) is 8.11. The molecule has 0 spiro atoms. The van der Waals surface area contributed by atoms with Crippen LogP contribution in [0.15, 0.2) is 29.1 Å². The van der Waals surface area contributed by atoms with Gasteiger partial charge in [0.25, 0.3) is 5.56 Å². The zero-order valence-corrected chi connectivity index (χ0v) is 14.6. The molecule has 0 amide bonds. The van der Waals surface area contributed by atoms with Crippen LogP contribution >= 0.6 is 11.3 Å². The van der Waals surface area contributed by atoms with Crippen LogP contribution in [0.3, 0.4) is 0 Å². The second kappa shape index (κ2) is 6.96. The van der Waals surface area contributed by atoms with Crippen molar-refractivity contribution in [3.05, 3.63) is 49.4 Å². The summed E-state index contributed by atoms with van der Waals surface area (Å²) in [4.78, 5) is 26.8. The van der Waals surface area contributed by atoms with E-state index >= 15 is 0 Å². The van der Waals surface area contributed by atoms with E-state index in [9.17, 15) is 9.59 Å². The first-order valence-corrected chi connectivity index (χ1v) is 8.31. The van der Waals surface area contributed by atoms with Gasteiger partial charge in [-0.25, -0.2) is 0 Å². The molecule has 0 bridgehead atoms. The summed E-state index contributed by atoms with van der Waals surface area (Å²) in [7, 11) is 0. The average molecular weight is 331 g/mol. The van der Waals surface area contributed by atoms with Gasteiger partial charge in [0, 0.05) is 11.5 Å². The third kappa shape index (κ3) is 4.66. The lowest BCUT2D eigenvalue weighted by molar-refractivity contribution is -0.119. The molecule has 122 valence electrons. The Kier molecular flexibility index (Phi) is 5.21. The van der Waals surface area contributed by atoms with Crippen LogP contribution in [-0.2, 0) is 4.79 Å². The molecule has 0 saturated carbocycles. The number of hydrogen-bond donors (Lipinski definition) is 1. The van der Waals surface area contributed by atoms with Gasteiger partial charge in [-0.15, -0.1) is 11.3 Å². The maximum Gasteiger partial charge on any atom is 0.266 e. The monoisotopic (exact) mass is 331 g/mol. The lowest BCUT2D eigenvalue weighted by atomic mass is 9.91. The van der Waals surface area contributed by atoms with E-state index < -0.39 is 5.41 Å². The third-order valence-corrected chi connectivity index (χ3v) is 4.13. The highest BCUT2D eigenvalue weighted by Crippen LogP contribution is 2.15. The van der Waals surface area contributed by atoms with Crippen molar-refractivity contribution in [3.63, 3.8) is 0 Å². The van der Waals surface area contributed by atoms with Crippen LogP contribution in [0.2, 0.25) is 0 Å². The summed E-state index contributed by atoms with van der Waals surface area (Å²) in [5.74, 6) is 0.789. The lowest BCUT2D eigenvalue weighted by Gasteiger charge is -2.12. The topological polar surface area (TPSA) is 59.2 Å². The Hall–Kier alpha value is -2.14. The number of H-pyrrole nitrogens is 1. The van der Waals surface area contributed by atoms with E-state index in [4.69, 9.17) is 4.74 Å². The first kappa shape index (κ1) is 17.2. The number of thiazole rings is 1. The molecule has 2 aromatic rings. The minimum Gasteiger partial charge on any atom is -0.494 e. The van der Waals surface area contributed by atoms with Crippen LogP contribution in [0.4, 0.5) is 0 Å². The predicted octanol–water partition coefficient (Wildman–Crippen LogP) is 2.06. The first-order valence-electron chi connectivity index (χ1n) is 7.49. The third-order valence-electron chi connectivity index (χ3n) is 3.17. The van der Waals surface area contributed by atoms with Gasteiger partial charge in [-0.2, -0.15) is 0 Å². The van der Waals surface area contributed by atoms with E-state index in [1.165, 1.54) is 17.4 Å². The number of carbonyl (C=O) groups is 1. The molecule has 0 aliphatic heterocycles. The minimum absolute atomic E-state index is 0.0115. The maximum atomic E-state index is 12.0. The van der Waals surface area contributed by atoms with Gasteiger partial charge in [-0.05, 0) is 30.7 Å². The smallest absolute Gasteiger partial charge is 0.266 e. The van der Waals surface area contributed by atoms with Gasteiger partial charge < -0.3 is 9.72 Å². The molecule has 0 saturated heterocycles. The molecule has 0 atom stereocenters. The van der Waals surface area contributed by atoms with Crippen molar-refractivity contribution >= 4 is 29.3 Å². The van der Waals surface area contributed by atoms with Gasteiger partial charge >= 0.3 is 0 Å². The van der Waals surface area contributed by atoms with Crippen LogP contribution < -0.4 is 19.5 Å². The fourth-order valence-corrected chi connectivity index (χ4v) is 2.72. The van der Waals surface area contributed by atoms with Gasteiger partial charge in [0.05, 0.1) is 15.8 Å². The van der Waals surface area contributed by atoms with Crippen molar-refractivity contribution in [1.29, 1.82) is 0 Å². The molecule has 5 heteroatoms. The van der Waals surface area contributed by atoms with Crippen molar-refractivity contribution in [2.75, 3.05) is 6.61 Å². The highest BCUT2D eigenvalue weighted by atomic mass is 32.1. The number of aromatic nitrogens is 1. The number of aromatic amines is 1. The van der Waals surface area contributed by atoms with Crippen molar-refractivity contribution in [3.8, 4) is 5.75 Å². The molecule has 0 aliphatic rings. The number of rotatable bonds is 4. The zero-order chi connectivity index (χ0) is 17.0. The largest absolute Gasteiger partial charge is 0.494 e. The summed E-state index contributed by atoms with van der Waals surface area (Å²) >= 11 is 1.28. The standard InChI is InChI=1S/C18H21NO3S/c1-5-22-13-8-6-12(7-9-13)10-14-17(21)19-16(23-14)11-15(20)18(2,3)4/h6-11H,5H2,1-4H3,(H,19,21). The van der Waals surface area contributed by atoms with Crippen LogP contribution in [0.1, 0.15) is 33.3 Å². The first-order chi connectivity index (χ1) is 10.8. The number of carbonyl (C=O) groups excluding carboxylic acids is 1. The van der Waals surface area contributed by atoms with E-state index in [0.29, 0.717) is 15.8 Å². The summed E-state index contributed by atoms with van der Waals surface area (Å²) in [5.41, 5.74) is 0.270. The quantitative estimate of drug-likeness (QED) is 0.933. The highest BCUT2D eigenvalue weighted by Gasteiger charge is 2.18. The fourth-order valence-electron chi connectivity index (χ4n) is 1.84. The van der Waals surface area contributed by atoms with Crippen LogP contribution in [0.5, 0.6) is 5.75 Å². The van der Waals surface area contributed by atoms with E-state index in [1.807, 2.05) is 52.0 Å². The number of ether oxygens (including phenoxy) is 1. The zero-order valence-electron chi connectivity index (χ0n) is 13.8. The molecule has 2 rings (SSSR count). The van der Waals surface area contributed by atoms with E-state index in [-0.39, 0.29) is 11.3 Å². The van der Waals surface area contributed by atoms with Crippen LogP contribution in [0.25, 0.3) is 12.2 Å². The number of ketones is 1. The van der Waals surface area contributed by atoms with Gasteiger partial charge in [-0.3, -0.25) is 9.59 Å². The SMILES string of the molecule is CCOc1ccc(C=c2sc(=CC(=O)C(C)(C)C)[nH]c2=O)cc1. The second-order valence-corrected chi connectivity index (χ2v) is 7.27. The molecular formula is C18H21NO3S. The molecule has 0 aliphatic carbocycles. The molecule has 1 aromatic heterocycles. The van der Waals surface area contributed by atoms with E-state index in [0.717, 1.165) is 11.3 Å². The molecule has 1 heterocycles. The van der Waals surface area contributed by atoms with Gasteiger partial charge in [0.1, 0.15) is 5.75 Å². The van der Waals surface area contributed by atoms with Crippen molar-refractivity contribution in [1.82, 2.24) is 4.98 Å². The Morgan fingerprint density at radius 3 is 2.48 bits per heavy atom. The van der Waals surface area contributed by atoms with Gasteiger partial charge in [0.2, 0.25) is 0 Å². The molecule has 0 radical (unpaired) electrons. The molecule has 0 unspecified atom stereocenters. The van der Waals surface area contributed by atoms with Crippen molar-refractivity contribution in [2.24, 2.45) is 5.41 Å². The summed E-state index contributed by atoms with van der Waals surface area (Å²) < 4.78 is 6.54. The minimum atomic E-state index is -0.458. The summed E-state index contributed by atoms with van der Waals surface area (Å²) in [5, 5.41) is 0. The highest BCUT2D eigenvalue weighted by molar-refractivity contribution is 7.07. The average Bonchev–Trinajstić information content (AvgIpc) is 2.80. The lowest BCUT2D eigenvalue weighted by Crippen LogP contribution is -2.22. The molecule has 4 nitrogen and oxygen atoms in total. The molecule has 1 N–H and O–H groups in total. The van der Waals surface area contributed by atoms with E-state index in [2.05, 4.69) is 4.98 Å². The van der Waals surface area contributed by atoms with Crippen LogP contribution in [-0.4, -0.2) is 17.4 Å². The maximum absolute atomic E-state index is 12.0. The molecular weight excluding hydrogens is 310 g/mol. The van der Waals surface area contributed by atoms with Crippen molar-refractivity contribution in [2.45, 2.75) is 27.7 Å². The fraction of sp³-hybridized carbons (Fsp3) is 0.333. The number of nitrogens with one attached hydrogen (secondary N) is 1. The Labute approximate surface area is 139 Å². The number of Topliss-reactive ketones (excluding diaryl/α,β-unsaturated/α-hetero) is 1. The molecule has 1 aromatic carbocycles. The predicted molar refractivity (Wildman–Crippen MR) is 94.3 cm³/mol. The summed E-state index contributed by atoms with van der Waals surface area (Å²) in [6.07, 6.45) is 3.31. The Morgan fingerprint density at radius 2 is 1.91 bits per heavy atom. The molecule has 23 heavy (non-hydrogen) atoms. The molecule has 0 fully saturated rings. The Balaban J connectivity index is 2.36. The Morgan fingerprint density at radius 1 is 1.26 bits per heavy atom. The number of hydrogen-bond acceptors (Lipinski definition) is 4. The van der Waals surface area contributed by atoms with Gasteiger partial charge in [-0.1, -0.05) is 32.9 Å². The van der Waals surface area contributed by atoms with Crippen molar-refractivity contribution < 1.29 is 9.53 Å². The van der Waals surface area contributed by atoms with E-state index in [1.54, 1.807) is 6.08 Å². The Bertz CT molecular complexity index is 851. The van der Waals surface area contributed by atoms with Gasteiger partial charge in [0.15, 0.2) is 5.78 Å². The van der Waals surface area contributed by atoms with Crippen LogP contribution in [0, 0.1) is 5.41 Å².